The summed E-state index contributed by atoms with van der Waals surface area (Å²) in [7, 11) is 1.50. The van der Waals surface area contributed by atoms with E-state index in [1.807, 2.05) is 24.3 Å². The van der Waals surface area contributed by atoms with E-state index >= 15 is 0 Å². The van der Waals surface area contributed by atoms with Gasteiger partial charge in [-0.05, 0) is 16.8 Å². The molecule has 0 fully saturated rings. The molecule has 0 unspecified atom stereocenters. The van der Waals surface area contributed by atoms with E-state index in [1.54, 1.807) is 18.2 Å². The van der Waals surface area contributed by atoms with Gasteiger partial charge in [-0.2, -0.15) is 23.4 Å². The van der Waals surface area contributed by atoms with Crippen LogP contribution in [0.1, 0.15) is 16.1 Å². The second kappa shape index (κ2) is 8.27. The van der Waals surface area contributed by atoms with Gasteiger partial charge in [0.25, 0.3) is 5.91 Å². The predicted molar refractivity (Wildman–Crippen MR) is 118 cm³/mol. The number of methoxy groups -OCH3 is 1. The average Bonchev–Trinajstić information content (AvgIpc) is 3.44. The Morgan fingerprint density at radius 2 is 1.88 bits per heavy atom. The molecule has 0 spiro atoms. The van der Waals surface area contributed by atoms with Crippen molar-refractivity contribution >= 4 is 28.0 Å². The van der Waals surface area contributed by atoms with Crippen LogP contribution in [0.4, 0.5) is 18.9 Å². The number of carbonyl (C=O) groups is 1. The third-order valence-corrected chi connectivity index (χ3v) is 5.22. The van der Waals surface area contributed by atoms with Gasteiger partial charge < -0.3 is 10.1 Å². The van der Waals surface area contributed by atoms with Crippen LogP contribution in [0.2, 0.25) is 0 Å². The number of aromatic nitrogens is 5. The molecule has 5 rings (SSSR count). The van der Waals surface area contributed by atoms with E-state index in [-0.39, 0.29) is 23.6 Å². The van der Waals surface area contributed by atoms with Crippen molar-refractivity contribution in [3.8, 4) is 11.3 Å². The molecule has 0 bridgehead atoms. The number of rotatable bonds is 5. The minimum atomic E-state index is -4.72. The molecule has 172 valence electrons. The summed E-state index contributed by atoms with van der Waals surface area (Å²) in [5, 5.41) is 12.0. The van der Waals surface area contributed by atoms with Crippen LogP contribution in [0.5, 0.6) is 0 Å². The zero-order chi connectivity index (χ0) is 23.9. The first kappa shape index (κ1) is 21.6. The zero-order valence-corrected chi connectivity index (χ0v) is 17.7. The number of hydrogen-bond acceptors (Lipinski definition) is 5. The van der Waals surface area contributed by atoms with Crippen molar-refractivity contribution in [1.29, 1.82) is 0 Å². The predicted octanol–water partition coefficient (Wildman–Crippen LogP) is 4.62. The van der Waals surface area contributed by atoms with Crippen LogP contribution in [-0.2, 0) is 17.6 Å². The Morgan fingerprint density at radius 1 is 1.09 bits per heavy atom. The maximum Gasteiger partial charge on any atom is 0.433 e. The van der Waals surface area contributed by atoms with E-state index in [9.17, 15) is 18.0 Å². The fourth-order valence-corrected chi connectivity index (χ4v) is 3.74. The number of amides is 1. The van der Waals surface area contributed by atoms with Gasteiger partial charge in [-0.3, -0.25) is 4.79 Å². The van der Waals surface area contributed by atoms with Crippen molar-refractivity contribution in [1.82, 2.24) is 24.4 Å². The molecular formula is C23H17F3N6O2. The molecule has 34 heavy (non-hydrogen) atoms. The highest BCUT2D eigenvalue weighted by Crippen LogP contribution is 2.35. The molecule has 0 aliphatic heterocycles. The number of nitrogens with one attached hydrogen (secondary N) is 1. The smallest absolute Gasteiger partial charge is 0.362 e. The van der Waals surface area contributed by atoms with E-state index in [1.165, 1.54) is 24.2 Å². The molecule has 1 N–H and O–H groups in total. The number of anilines is 1. The van der Waals surface area contributed by atoms with Crippen molar-refractivity contribution in [2.45, 2.75) is 12.9 Å². The fraction of sp³-hybridized carbons (Fsp3) is 0.130. The summed E-state index contributed by atoms with van der Waals surface area (Å²) in [6, 6.07) is 13.6. The van der Waals surface area contributed by atoms with E-state index in [4.69, 9.17) is 4.74 Å². The van der Waals surface area contributed by atoms with Crippen molar-refractivity contribution in [3.05, 3.63) is 78.4 Å². The molecule has 0 atom stereocenters. The van der Waals surface area contributed by atoms with Crippen LogP contribution in [0, 0.1) is 0 Å². The molecule has 3 aromatic heterocycles. The molecule has 2 aromatic carbocycles. The van der Waals surface area contributed by atoms with E-state index in [0.29, 0.717) is 15.8 Å². The lowest BCUT2D eigenvalue weighted by atomic mass is 10.0. The van der Waals surface area contributed by atoms with Gasteiger partial charge in [0.05, 0.1) is 30.0 Å². The first-order valence-electron chi connectivity index (χ1n) is 10.1. The fourth-order valence-electron chi connectivity index (χ4n) is 3.74. The van der Waals surface area contributed by atoms with E-state index < -0.39 is 17.8 Å². The number of hydrogen-bond donors (Lipinski definition) is 1. The second-order valence-corrected chi connectivity index (χ2v) is 7.49. The van der Waals surface area contributed by atoms with E-state index in [2.05, 4.69) is 20.5 Å². The Morgan fingerprint density at radius 3 is 2.68 bits per heavy atom. The topological polar surface area (TPSA) is 86.3 Å². The van der Waals surface area contributed by atoms with Gasteiger partial charge in [0.1, 0.15) is 12.3 Å². The molecule has 1 amide bonds. The van der Waals surface area contributed by atoms with Gasteiger partial charge >= 0.3 is 6.18 Å². The maximum absolute atomic E-state index is 13.9. The number of halogens is 3. The third kappa shape index (κ3) is 3.86. The molecule has 0 radical (unpaired) electrons. The number of carbonyl (C=O) groups excluding carboxylic acids is 1. The van der Waals surface area contributed by atoms with Crippen LogP contribution in [-0.4, -0.2) is 37.4 Å². The SMILES string of the molecule is COCn1cc(NC(=O)c2cnn3c(C(F)(F)F)cc(-c4cccc5ccccc45)nc23)cn1. The summed E-state index contributed by atoms with van der Waals surface area (Å²) < 4.78 is 48.9. The quantitative estimate of drug-likeness (QED) is 0.409. The Hall–Kier alpha value is -4.25. The van der Waals surface area contributed by atoms with Crippen LogP contribution in [0.25, 0.3) is 27.7 Å². The summed E-state index contributed by atoms with van der Waals surface area (Å²) in [5.74, 6) is -0.664. The lowest BCUT2D eigenvalue weighted by molar-refractivity contribution is -0.142. The van der Waals surface area contributed by atoms with E-state index in [0.717, 1.165) is 23.0 Å². The highest BCUT2D eigenvalue weighted by Gasteiger charge is 2.36. The number of benzene rings is 2. The van der Waals surface area contributed by atoms with Crippen LogP contribution in [0.15, 0.2) is 67.1 Å². The zero-order valence-electron chi connectivity index (χ0n) is 17.7. The lowest BCUT2D eigenvalue weighted by Crippen LogP contribution is -2.15. The highest BCUT2D eigenvalue weighted by molar-refractivity contribution is 6.08. The normalized spacial score (nSPS) is 11.9. The average molecular weight is 466 g/mol. The Bertz CT molecular complexity index is 1520. The molecule has 5 aromatic rings. The van der Waals surface area contributed by atoms with Crippen LogP contribution < -0.4 is 5.32 Å². The Kier molecular flexibility index (Phi) is 5.25. The Balaban J connectivity index is 1.64. The molecule has 0 saturated carbocycles. The largest absolute Gasteiger partial charge is 0.433 e. The minimum absolute atomic E-state index is 0.0825. The van der Waals surface area contributed by atoms with Gasteiger partial charge in [0.15, 0.2) is 11.3 Å². The number of nitrogens with zero attached hydrogens (tertiary/aromatic N) is 5. The first-order valence-corrected chi connectivity index (χ1v) is 10.1. The molecule has 0 aliphatic carbocycles. The lowest BCUT2D eigenvalue weighted by Gasteiger charge is -2.13. The van der Waals surface area contributed by atoms with Gasteiger partial charge in [0, 0.05) is 12.7 Å². The second-order valence-electron chi connectivity index (χ2n) is 7.49. The molecular weight excluding hydrogens is 449 g/mol. The van der Waals surface area contributed by atoms with Gasteiger partial charge in [-0.15, -0.1) is 0 Å². The minimum Gasteiger partial charge on any atom is -0.362 e. The summed E-state index contributed by atoms with van der Waals surface area (Å²) in [6.45, 7) is 0.178. The van der Waals surface area contributed by atoms with Crippen molar-refractivity contribution in [2.24, 2.45) is 0 Å². The van der Waals surface area contributed by atoms with Crippen LogP contribution >= 0.6 is 0 Å². The van der Waals surface area contributed by atoms with Gasteiger partial charge in [-0.25, -0.2) is 14.2 Å². The van der Waals surface area contributed by atoms with Crippen molar-refractivity contribution in [3.63, 3.8) is 0 Å². The molecule has 11 heteroatoms. The summed E-state index contributed by atoms with van der Waals surface area (Å²) in [5.41, 5.74) is -0.403. The Labute approximate surface area is 190 Å². The molecule has 0 aliphatic rings. The molecule has 0 saturated heterocycles. The summed E-state index contributed by atoms with van der Waals surface area (Å²) in [6.07, 6.45) is -0.719. The van der Waals surface area contributed by atoms with Crippen molar-refractivity contribution < 1.29 is 22.7 Å². The van der Waals surface area contributed by atoms with Gasteiger partial charge in [0.2, 0.25) is 0 Å². The number of ether oxygens (including phenoxy) is 1. The molecule has 8 nitrogen and oxygen atoms in total. The first-order chi connectivity index (χ1) is 16.3. The maximum atomic E-state index is 13.9. The monoisotopic (exact) mass is 466 g/mol. The summed E-state index contributed by atoms with van der Waals surface area (Å²) in [4.78, 5) is 17.3. The van der Waals surface area contributed by atoms with Crippen molar-refractivity contribution in [2.75, 3.05) is 12.4 Å². The van der Waals surface area contributed by atoms with Gasteiger partial charge in [-0.1, -0.05) is 42.5 Å². The highest BCUT2D eigenvalue weighted by atomic mass is 19.4. The third-order valence-electron chi connectivity index (χ3n) is 5.22. The number of fused-ring (bicyclic) bond motifs is 2. The summed E-state index contributed by atoms with van der Waals surface area (Å²) >= 11 is 0. The standard InChI is InChI=1S/C23H17F3N6O2/c1-34-13-31-12-15(10-27-31)29-22(33)18-11-28-32-20(23(24,25)26)9-19(30-21(18)32)17-8-4-6-14-5-2-3-7-16(14)17/h2-12H,13H2,1H3,(H,29,33). The number of alkyl halides is 3. The van der Waals surface area contributed by atoms with Crippen LogP contribution in [0.3, 0.4) is 0 Å². The molecule has 3 heterocycles.